The molecule has 2 aromatic carbocycles. The molecule has 0 saturated heterocycles. The third kappa shape index (κ3) is 3.00. The summed E-state index contributed by atoms with van der Waals surface area (Å²) < 4.78 is 29.8. The van der Waals surface area contributed by atoms with Crippen molar-refractivity contribution in [2.75, 3.05) is 10.8 Å². The first-order valence-electron chi connectivity index (χ1n) is 7.51. The van der Waals surface area contributed by atoms with Crippen molar-refractivity contribution in [3.8, 4) is 0 Å². The molecule has 3 rings (SSSR count). The number of aryl methyl sites for hydroxylation is 1. The van der Waals surface area contributed by atoms with E-state index >= 15 is 0 Å². The molecule has 0 amide bonds. The van der Waals surface area contributed by atoms with Gasteiger partial charge in [-0.15, -0.1) is 0 Å². The number of benzene rings is 2. The Morgan fingerprint density at radius 2 is 1.73 bits per heavy atom. The summed E-state index contributed by atoms with van der Waals surface area (Å²) in [4.78, 5) is 0. The van der Waals surface area contributed by atoms with E-state index in [1.807, 2.05) is 61.5 Å². The van der Waals surface area contributed by atoms with Crippen LogP contribution in [0.4, 0.5) is 5.69 Å². The highest BCUT2D eigenvalue weighted by molar-refractivity contribution is 7.90. The number of hydrogen-bond donors (Lipinski definition) is 1. The van der Waals surface area contributed by atoms with E-state index in [0.29, 0.717) is 6.54 Å². The lowest BCUT2D eigenvalue weighted by atomic mass is 10.0. The number of nitrogens with one attached hydrogen (secondary N) is 1. The molecule has 0 aliphatic carbocycles. The van der Waals surface area contributed by atoms with Crippen LogP contribution < -0.4 is 9.03 Å². The zero-order valence-electron chi connectivity index (χ0n) is 12.6. The minimum absolute atomic E-state index is 0.264. The molecule has 116 valence electrons. The first kappa shape index (κ1) is 15.1. The highest BCUT2D eigenvalue weighted by atomic mass is 32.2. The number of anilines is 1. The van der Waals surface area contributed by atoms with Gasteiger partial charge in [0.05, 0.1) is 5.69 Å². The molecule has 1 unspecified atom stereocenters. The first-order chi connectivity index (χ1) is 10.6. The maximum atomic E-state index is 12.7. The molecular weight excluding hydrogens is 296 g/mol. The first-order valence-corrected chi connectivity index (χ1v) is 8.95. The average Bonchev–Trinajstić information content (AvgIpc) is 2.54. The van der Waals surface area contributed by atoms with E-state index in [0.717, 1.165) is 29.7 Å². The van der Waals surface area contributed by atoms with Crippen LogP contribution >= 0.6 is 0 Å². The molecule has 22 heavy (non-hydrogen) atoms. The fourth-order valence-electron chi connectivity index (χ4n) is 2.85. The molecule has 5 heteroatoms. The van der Waals surface area contributed by atoms with Gasteiger partial charge in [-0.25, -0.2) is 0 Å². The van der Waals surface area contributed by atoms with Crippen molar-refractivity contribution < 1.29 is 8.42 Å². The van der Waals surface area contributed by atoms with Crippen molar-refractivity contribution >= 4 is 15.9 Å². The minimum Gasteiger partial charge on any atom is -0.258 e. The standard InChI is InChI=1S/C17H20N2O2S/c1-14(15-8-3-2-4-9-15)18-22(20,21)19-13-7-11-16-10-5-6-12-17(16)19/h2-6,8-10,12,14,18H,7,11,13H2,1H3. The Morgan fingerprint density at radius 1 is 1.05 bits per heavy atom. The summed E-state index contributed by atoms with van der Waals surface area (Å²) in [6.07, 6.45) is 1.77. The molecular formula is C17H20N2O2S. The summed E-state index contributed by atoms with van der Waals surface area (Å²) >= 11 is 0. The second kappa shape index (κ2) is 6.10. The van der Waals surface area contributed by atoms with Gasteiger partial charge < -0.3 is 0 Å². The molecule has 1 atom stereocenters. The van der Waals surface area contributed by atoms with Gasteiger partial charge in [0.2, 0.25) is 0 Å². The predicted octanol–water partition coefficient (Wildman–Crippen LogP) is 3.03. The molecule has 4 nitrogen and oxygen atoms in total. The van der Waals surface area contributed by atoms with Crippen LogP contribution in [0.15, 0.2) is 54.6 Å². The van der Waals surface area contributed by atoms with Gasteiger partial charge in [0.1, 0.15) is 0 Å². The number of hydrogen-bond acceptors (Lipinski definition) is 2. The van der Waals surface area contributed by atoms with E-state index in [4.69, 9.17) is 0 Å². The summed E-state index contributed by atoms with van der Waals surface area (Å²) in [6, 6.07) is 17.0. The zero-order valence-corrected chi connectivity index (χ0v) is 13.4. The molecule has 0 fully saturated rings. The summed E-state index contributed by atoms with van der Waals surface area (Å²) in [7, 11) is -3.56. The molecule has 1 aliphatic heterocycles. The van der Waals surface area contributed by atoms with E-state index in [1.54, 1.807) is 0 Å². The molecule has 0 saturated carbocycles. The van der Waals surface area contributed by atoms with Crippen LogP contribution in [-0.2, 0) is 16.6 Å². The van der Waals surface area contributed by atoms with Crippen molar-refractivity contribution in [2.45, 2.75) is 25.8 Å². The van der Waals surface area contributed by atoms with Gasteiger partial charge in [0.15, 0.2) is 0 Å². The average molecular weight is 316 g/mol. The molecule has 0 bridgehead atoms. The number of rotatable bonds is 4. The molecule has 0 aromatic heterocycles. The lowest BCUT2D eigenvalue weighted by Crippen LogP contribution is -2.44. The largest absolute Gasteiger partial charge is 0.302 e. The van der Waals surface area contributed by atoms with Crippen molar-refractivity contribution in [3.63, 3.8) is 0 Å². The third-order valence-electron chi connectivity index (χ3n) is 3.98. The summed E-state index contributed by atoms with van der Waals surface area (Å²) in [5.41, 5.74) is 2.84. The van der Waals surface area contributed by atoms with E-state index in [1.165, 1.54) is 4.31 Å². The van der Waals surface area contributed by atoms with Gasteiger partial charge in [0.25, 0.3) is 0 Å². The van der Waals surface area contributed by atoms with Crippen LogP contribution in [0.5, 0.6) is 0 Å². The molecule has 1 heterocycles. The predicted molar refractivity (Wildman–Crippen MR) is 89.0 cm³/mol. The lowest BCUT2D eigenvalue weighted by Gasteiger charge is -2.31. The van der Waals surface area contributed by atoms with Crippen LogP contribution in [0, 0.1) is 0 Å². The van der Waals surface area contributed by atoms with Crippen molar-refractivity contribution in [2.24, 2.45) is 0 Å². The quantitative estimate of drug-likeness (QED) is 0.942. The number of para-hydroxylation sites is 1. The van der Waals surface area contributed by atoms with Crippen LogP contribution in [0.3, 0.4) is 0 Å². The van der Waals surface area contributed by atoms with Crippen molar-refractivity contribution in [1.29, 1.82) is 0 Å². The van der Waals surface area contributed by atoms with E-state index in [-0.39, 0.29) is 6.04 Å². The molecule has 2 aromatic rings. The molecule has 1 N–H and O–H groups in total. The highest BCUT2D eigenvalue weighted by Crippen LogP contribution is 2.29. The third-order valence-corrected chi connectivity index (χ3v) is 5.59. The number of nitrogens with zero attached hydrogens (tertiary/aromatic N) is 1. The minimum atomic E-state index is -3.56. The maximum Gasteiger partial charge on any atom is 0.302 e. The fourth-order valence-corrected chi connectivity index (χ4v) is 4.36. The van der Waals surface area contributed by atoms with Crippen molar-refractivity contribution in [1.82, 2.24) is 4.72 Å². The summed E-state index contributed by atoms with van der Waals surface area (Å²) in [5, 5.41) is 0. The van der Waals surface area contributed by atoms with Gasteiger partial charge in [-0.3, -0.25) is 4.31 Å². The second-order valence-corrected chi connectivity index (χ2v) is 7.19. The van der Waals surface area contributed by atoms with Gasteiger partial charge >= 0.3 is 10.2 Å². The summed E-state index contributed by atoms with van der Waals surface area (Å²) in [6.45, 7) is 2.39. The molecule has 0 radical (unpaired) electrons. The maximum absolute atomic E-state index is 12.7. The SMILES string of the molecule is CC(NS(=O)(=O)N1CCCc2ccccc21)c1ccccc1. The topological polar surface area (TPSA) is 49.4 Å². The van der Waals surface area contributed by atoms with Crippen LogP contribution in [0.2, 0.25) is 0 Å². The lowest BCUT2D eigenvalue weighted by molar-refractivity contribution is 0.558. The Hall–Kier alpha value is -1.85. The fraction of sp³-hybridized carbons (Fsp3) is 0.294. The Balaban J connectivity index is 1.85. The Labute approximate surface area is 132 Å². The van der Waals surface area contributed by atoms with Crippen molar-refractivity contribution in [3.05, 3.63) is 65.7 Å². The van der Waals surface area contributed by atoms with Gasteiger partial charge in [-0.1, -0.05) is 48.5 Å². The Bertz CT molecular complexity index is 744. The molecule has 1 aliphatic rings. The zero-order chi connectivity index (χ0) is 15.6. The Kier molecular flexibility index (Phi) is 4.18. The van der Waals surface area contributed by atoms with E-state index < -0.39 is 10.2 Å². The second-order valence-electron chi connectivity index (χ2n) is 5.56. The highest BCUT2D eigenvalue weighted by Gasteiger charge is 2.28. The van der Waals surface area contributed by atoms with Crippen LogP contribution in [0.25, 0.3) is 0 Å². The number of fused-ring (bicyclic) bond motifs is 1. The molecule has 0 spiro atoms. The van der Waals surface area contributed by atoms with Gasteiger partial charge in [0, 0.05) is 12.6 Å². The van der Waals surface area contributed by atoms with E-state index in [2.05, 4.69) is 4.72 Å². The Morgan fingerprint density at radius 3 is 2.50 bits per heavy atom. The monoisotopic (exact) mass is 316 g/mol. The van der Waals surface area contributed by atoms with Gasteiger partial charge in [-0.05, 0) is 37.0 Å². The van der Waals surface area contributed by atoms with Crippen LogP contribution in [0.1, 0.15) is 30.5 Å². The smallest absolute Gasteiger partial charge is 0.258 e. The van der Waals surface area contributed by atoms with Crippen LogP contribution in [-0.4, -0.2) is 15.0 Å². The normalized spacial score (nSPS) is 16.1. The van der Waals surface area contributed by atoms with Gasteiger partial charge in [-0.2, -0.15) is 13.1 Å². The van der Waals surface area contributed by atoms with E-state index in [9.17, 15) is 8.42 Å². The summed E-state index contributed by atoms with van der Waals surface area (Å²) in [5.74, 6) is 0.